The fourth-order valence-electron chi connectivity index (χ4n) is 5.17. The van der Waals surface area contributed by atoms with Gasteiger partial charge in [-0.25, -0.2) is 4.39 Å². The number of halogens is 1. The highest BCUT2D eigenvalue weighted by Crippen LogP contribution is 2.47. The first kappa shape index (κ1) is 21.1. The van der Waals surface area contributed by atoms with Gasteiger partial charge in [0.1, 0.15) is 16.8 Å². The molecule has 9 heteroatoms. The van der Waals surface area contributed by atoms with Gasteiger partial charge in [0.2, 0.25) is 5.43 Å². The third kappa shape index (κ3) is 3.19. The molecule has 0 spiro atoms. The summed E-state index contributed by atoms with van der Waals surface area (Å²) < 4.78 is 23.6. The molecular weight excluding hydrogens is 437 g/mol. The van der Waals surface area contributed by atoms with E-state index in [0.717, 1.165) is 19.5 Å². The molecule has 3 aliphatic heterocycles. The lowest BCUT2D eigenvalue weighted by molar-refractivity contribution is 0.0662. The Labute approximate surface area is 195 Å². The number of hydrogen-bond acceptors (Lipinski definition) is 6. The van der Waals surface area contributed by atoms with E-state index in [1.807, 2.05) is 30.1 Å². The number of aromatic nitrogens is 1. The molecule has 0 aliphatic carbocycles. The second-order valence-electron chi connectivity index (χ2n) is 9.33. The number of benzene rings is 2. The Bertz CT molecular complexity index is 1380. The summed E-state index contributed by atoms with van der Waals surface area (Å²) in [6.45, 7) is 3.67. The highest BCUT2D eigenvalue weighted by Gasteiger charge is 2.33. The average Bonchev–Trinajstić information content (AvgIpc) is 3.26. The van der Waals surface area contributed by atoms with Gasteiger partial charge in [-0.3, -0.25) is 9.59 Å². The van der Waals surface area contributed by atoms with Gasteiger partial charge in [0.05, 0.1) is 11.1 Å². The fourth-order valence-corrected chi connectivity index (χ4v) is 5.17. The van der Waals surface area contributed by atoms with Crippen molar-refractivity contribution in [2.24, 2.45) is 5.73 Å². The summed E-state index contributed by atoms with van der Waals surface area (Å²) >= 11 is 0. The minimum Gasteiger partial charge on any atom is -0.451 e. The molecule has 34 heavy (non-hydrogen) atoms. The van der Waals surface area contributed by atoms with Gasteiger partial charge < -0.3 is 29.7 Å². The number of fused-ring (bicyclic) bond motifs is 2. The number of para-hydroxylation sites is 2. The van der Waals surface area contributed by atoms with Crippen LogP contribution in [0, 0.1) is 5.82 Å². The number of nitrogens with two attached hydrogens (primary N) is 1. The van der Waals surface area contributed by atoms with Gasteiger partial charge >= 0.3 is 0 Å². The van der Waals surface area contributed by atoms with Gasteiger partial charge in [0.25, 0.3) is 5.91 Å². The zero-order valence-corrected chi connectivity index (χ0v) is 19.0. The lowest BCUT2D eigenvalue weighted by Gasteiger charge is -2.33. The third-order valence-electron chi connectivity index (χ3n) is 7.07. The van der Waals surface area contributed by atoms with Crippen molar-refractivity contribution in [3.8, 4) is 17.2 Å². The van der Waals surface area contributed by atoms with E-state index < -0.39 is 11.2 Å². The van der Waals surface area contributed by atoms with Gasteiger partial charge in [-0.05, 0) is 31.7 Å². The van der Waals surface area contributed by atoms with Crippen molar-refractivity contribution in [1.29, 1.82) is 0 Å². The number of rotatable bonds is 2. The minimum absolute atomic E-state index is 0.0371. The molecule has 2 aromatic carbocycles. The second-order valence-corrected chi connectivity index (χ2v) is 9.33. The largest absolute Gasteiger partial charge is 0.451 e. The summed E-state index contributed by atoms with van der Waals surface area (Å²) in [6, 6.07) is 8.56. The monoisotopic (exact) mass is 463 g/mol. The normalized spacial score (nSPS) is 19.9. The van der Waals surface area contributed by atoms with Crippen LogP contribution >= 0.6 is 0 Å². The van der Waals surface area contributed by atoms with Crippen molar-refractivity contribution in [3.05, 3.63) is 58.1 Å². The molecule has 2 saturated heterocycles. The van der Waals surface area contributed by atoms with Crippen molar-refractivity contribution in [3.63, 3.8) is 0 Å². The quantitative estimate of drug-likeness (QED) is 0.491. The molecule has 1 amide bonds. The standard InChI is InChI=1S/C25H26FN5O3/c1-28-8-10-29(11-9-28)25(33)17-14-31-19-4-2-3-5-20(19)34-24-21(31)16(23(17)32)12-18(26)22(24)30-7-6-15(27)13-30/h2-5,12,14-15H,6-11,13,27H2,1H3. The summed E-state index contributed by atoms with van der Waals surface area (Å²) in [5.41, 5.74) is 7.11. The third-order valence-corrected chi connectivity index (χ3v) is 7.07. The summed E-state index contributed by atoms with van der Waals surface area (Å²) in [4.78, 5) is 32.7. The molecule has 176 valence electrons. The Hall–Kier alpha value is -3.43. The number of amides is 1. The van der Waals surface area contributed by atoms with Gasteiger partial charge in [0, 0.05) is 51.5 Å². The maximum atomic E-state index is 15.6. The van der Waals surface area contributed by atoms with Crippen LogP contribution in [-0.2, 0) is 0 Å². The van der Waals surface area contributed by atoms with E-state index in [4.69, 9.17) is 10.5 Å². The lowest BCUT2D eigenvalue weighted by atomic mass is 10.0. The zero-order valence-electron chi connectivity index (χ0n) is 19.0. The minimum atomic E-state index is -0.552. The molecule has 2 N–H and O–H groups in total. The first-order valence-corrected chi connectivity index (χ1v) is 11.6. The highest BCUT2D eigenvalue weighted by atomic mass is 19.1. The molecule has 0 bridgehead atoms. The van der Waals surface area contributed by atoms with Crippen molar-refractivity contribution in [2.45, 2.75) is 12.5 Å². The van der Waals surface area contributed by atoms with Crippen LogP contribution in [0.2, 0.25) is 0 Å². The van der Waals surface area contributed by atoms with Gasteiger partial charge in [-0.2, -0.15) is 0 Å². The number of ether oxygens (including phenoxy) is 1. The maximum absolute atomic E-state index is 15.6. The Kier molecular flexibility index (Phi) is 4.86. The number of carbonyl (C=O) groups excluding carboxylic acids is 1. The van der Waals surface area contributed by atoms with Crippen LogP contribution in [0.25, 0.3) is 16.6 Å². The number of nitrogens with zero attached hydrogens (tertiary/aromatic N) is 4. The number of hydrogen-bond donors (Lipinski definition) is 1. The Morgan fingerprint density at radius 1 is 1.15 bits per heavy atom. The van der Waals surface area contributed by atoms with Crippen LogP contribution in [-0.4, -0.2) is 72.6 Å². The number of piperazine rings is 1. The predicted octanol–water partition coefficient (Wildman–Crippen LogP) is 2.16. The molecular formula is C25H26FN5O3. The summed E-state index contributed by atoms with van der Waals surface area (Å²) in [6.07, 6.45) is 2.34. The van der Waals surface area contributed by atoms with Crippen molar-refractivity contribution in [1.82, 2.24) is 14.4 Å². The van der Waals surface area contributed by atoms with Crippen molar-refractivity contribution < 1.29 is 13.9 Å². The molecule has 3 aliphatic rings. The van der Waals surface area contributed by atoms with Crippen LogP contribution < -0.4 is 20.8 Å². The smallest absolute Gasteiger partial charge is 0.259 e. The van der Waals surface area contributed by atoms with Crippen molar-refractivity contribution >= 4 is 22.5 Å². The molecule has 0 radical (unpaired) electrons. The highest BCUT2D eigenvalue weighted by molar-refractivity contribution is 6.01. The van der Waals surface area contributed by atoms with Gasteiger partial charge in [-0.1, -0.05) is 12.1 Å². The predicted molar refractivity (Wildman–Crippen MR) is 128 cm³/mol. The SMILES string of the molecule is CN1CCN(C(=O)c2cn3c4c(c(N5CCC(N)C5)c(F)cc4c2=O)Oc2ccccc2-3)CC1. The molecule has 4 heterocycles. The summed E-state index contributed by atoms with van der Waals surface area (Å²) in [7, 11) is 2.00. The Balaban J connectivity index is 1.59. The van der Waals surface area contributed by atoms with E-state index in [1.54, 1.807) is 21.7 Å². The van der Waals surface area contributed by atoms with E-state index in [1.165, 1.54) is 6.07 Å². The van der Waals surface area contributed by atoms with E-state index in [-0.39, 0.29) is 22.9 Å². The van der Waals surface area contributed by atoms with E-state index in [2.05, 4.69) is 4.90 Å². The molecule has 1 unspecified atom stereocenters. The van der Waals surface area contributed by atoms with Crippen LogP contribution in [0.3, 0.4) is 0 Å². The van der Waals surface area contributed by atoms with E-state index >= 15 is 4.39 Å². The maximum Gasteiger partial charge on any atom is 0.259 e. The Morgan fingerprint density at radius 2 is 1.91 bits per heavy atom. The van der Waals surface area contributed by atoms with Crippen LogP contribution in [0.4, 0.5) is 10.1 Å². The number of anilines is 1. The molecule has 1 aromatic heterocycles. The fraction of sp³-hybridized carbons (Fsp3) is 0.360. The van der Waals surface area contributed by atoms with Crippen LogP contribution in [0.15, 0.2) is 41.3 Å². The molecule has 2 fully saturated rings. The first-order chi connectivity index (χ1) is 16.4. The number of pyridine rings is 1. The summed E-state index contributed by atoms with van der Waals surface area (Å²) in [5, 5.41) is 0.134. The molecule has 8 nitrogen and oxygen atoms in total. The molecule has 6 rings (SSSR count). The second kappa shape index (κ2) is 7.82. The van der Waals surface area contributed by atoms with E-state index in [0.29, 0.717) is 54.6 Å². The zero-order chi connectivity index (χ0) is 23.6. The van der Waals surface area contributed by atoms with Crippen LogP contribution in [0.5, 0.6) is 11.5 Å². The topological polar surface area (TPSA) is 84.0 Å². The molecule has 3 aromatic rings. The summed E-state index contributed by atoms with van der Waals surface area (Å²) in [5.74, 6) is -0.0557. The molecule has 0 saturated carbocycles. The Morgan fingerprint density at radius 3 is 2.65 bits per heavy atom. The van der Waals surface area contributed by atoms with Crippen LogP contribution in [0.1, 0.15) is 16.8 Å². The van der Waals surface area contributed by atoms with Crippen molar-refractivity contribution in [2.75, 3.05) is 51.2 Å². The van der Waals surface area contributed by atoms with Gasteiger partial charge in [0.15, 0.2) is 17.3 Å². The number of carbonyl (C=O) groups is 1. The first-order valence-electron chi connectivity index (χ1n) is 11.6. The number of likely N-dealkylation sites (N-methyl/N-ethyl adjacent to an activating group) is 1. The van der Waals surface area contributed by atoms with Gasteiger partial charge in [-0.15, -0.1) is 0 Å². The molecule has 1 atom stereocenters. The lowest BCUT2D eigenvalue weighted by Crippen LogP contribution is -2.48. The average molecular weight is 464 g/mol. The van der Waals surface area contributed by atoms with E-state index in [9.17, 15) is 9.59 Å².